The van der Waals surface area contributed by atoms with Gasteiger partial charge in [-0.25, -0.2) is 14.2 Å². The molecular formula is C24H21ClFN3O3S. The summed E-state index contributed by atoms with van der Waals surface area (Å²) in [4.78, 5) is 31.9. The maximum absolute atomic E-state index is 13.4. The molecule has 2 aromatic rings. The number of ether oxygens (including phenoxy) is 1. The van der Waals surface area contributed by atoms with Crippen LogP contribution in [0.25, 0.3) is 0 Å². The topological polar surface area (TPSA) is 71.0 Å². The van der Waals surface area contributed by atoms with Crippen molar-refractivity contribution in [1.29, 1.82) is 0 Å². The van der Waals surface area contributed by atoms with Gasteiger partial charge >= 0.3 is 5.97 Å². The molecule has 0 bridgehead atoms. The molecule has 0 unspecified atom stereocenters. The number of amides is 1. The Hall–Kier alpha value is -3.10. The number of hydrogen-bond donors (Lipinski definition) is 1. The molecular weight excluding hydrogens is 465 g/mol. The average molecular weight is 486 g/mol. The van der Waals surface area contributed by atoms with Crippen molar-refractivity contribution in [2.45, 2.75) is 25.9 Å². The number of carbonyl (C=O) groups excluding carboxylic acids is 2. The zero-order valence-electron chi connectivity index (χ0n) is 18.0. The number of halogens is 2. The summed E-state index contributed by atoms with van der Waals surface area (Å²) < 4.78 is 18.4. The van der Waals surface area contributed by atoms with Gasteiger partial charge in [0.15, 0.2) is 5.17 Å². The van der Waals surface area contributed by atoms with Gasteiger partial charge in [0.05, 0.1) is 30.8 Å². The smallest absolute Gasteiger partial charge is 0.338 e. The molecule has 0 aromatic heterocycles. The molecule has 1 amide bonds. The highest BCUT2D eigenvalue weighted by Gasteiger charge is 2.40. The summed E-state index contributed by atoms with van der Waals surface area (Å²) in [5.41, 5.74) is 3.15. The zero-order valence-corrected chi connectivity index (χ0v) is 19.5. The zero-order chi connectivity index (χ0) is 23.5. The fourth-order valence-electron chi connectivity index (χ4n) is 3.78. The van der Waals surface area contributed by atoms with Crippen LogP contribution in [0.15, 0.2) is 75.9 Å². The number of amidine groups is 1. The van der Waals surface area contributed by atoms with Gasteiger partial charge in [0.25, 0.3) is 0 Å². The number of fused-ring (bicyclic) bond motifs is 1. The van der Waals surface area contributed by atoms with Gasteiger partial charge in [-0.05, 0) is 47.7 Å². The van der Waals surface area contributed by atoms with Crippen molar-refractivity contribution < 1.29 is 18.7 Å². The average Bonchev–Trinajstić information content (AvgIpc) is 3.18. The van der Waals surface area contributed by atoms with E-state index in [1.54, 1.807) is 31.2 Å². The number of rotatable bonds is 6. The Bertz CT molecular complexity index is 1190. The maximum Gasteiger partial charge on any atom is 0.338 e. The van der Waals surface area contributed by atoms with Crippen molar-refractivity contribution in [1.82, 2.24) is 10.2 Å². The Morgan fingerprint density at radius 2 is 2.00 bits per heavy atom. The molecule has 0 fully saturated rings. The van der Waals surface area contributed by atoms with Crippen molar-refractivity contribution in [3.8, 4) is 0 Å². The van der Waals surface area contributed by atoms with E-state index in [0.29, 0.717) is 32.7 Å². The molecule has 2 heterocycles. The van der Waals surface area contributed by atoms with Gasteiger partial charge in [0.2, 0.25) is 5.91 Å². The number of thioether (sulfide) groups is 1. The predicted molar refractivity (Wildman–Crippen MR) is 127 cm³/mol. The van der Waals surface area contributed by atoms with Crippen LogP contribution in [0.4, 0.5) is 4.39 Å². The van der Waals surface area contributed by atoms with Crippen LogP contribution in [0.1, 0.15) is 30.5 Å². The summed E-state index contributed by atoms with van der Waals surface area (Å²) in [5, 5.41) is 5.93. The largest absolute Gasteiger partial charge is 0.466 e. The maximum atomic E-state index is 13.4. The van der Waals surface area contributed by atoms with Crippen molar-refractivity contribution in [2.24, 2.45) is 4.99 Å². The lowest BCUT2D eigenvalue weighted by Crippen LogP contribution is -2.37. The van der Waals surface area contributed by atoms with E-state index in [2.05, 4.69) is 10.3 Å². The molecule has 1 N–H and O–H groups in total. The molecule has 2 aromatic carbocycles. The fourth-order valence-corrected chi connectivity index (χ4v) is 4.87. The molecule has 0 saturated carbocycles. The molecule has 4 rings (SSSR count). The Labute approximate surface area is 200 Å². The second kappa shape index (κ2) is 9.80. The van der Waals surface area contributed by atoms with Crippen molar-refractivity contribution in [2.75, 3.05) is 7.11 Å². The molecule has 33 heavy (non-hydrogen) atoms. The van der Waals surface area contributed by atoms with E-state index in [4.69, 9.17) is 16.3 Å². The fraction of sp³-hybridized carbons (Fsp3) is 0.208. The summed E-state index contributed by atoms with van der Waals surface area (Å²) in [5.74, 6) is -1.07. The monoisotopic (exact) mass is 485 g/mol. The van der Waals surface area contributed by atoms with Crippen LogP contribution in [-0.4, -0.2) is 29.1 Å². The summed E-state index contributed by atoms with van der Waals surface area (Å²) >= 11 is 7.47. The molecule has 6 nitrogen and oxygen atoms in total. The molecule has 0 saturated heterocycles. The van der Waals surface area contributed by atoms with Crippen LogP contribution in [0.5, 0.6) is 0 Å². The van der Waals surface area contributed by atoms with E-state index in [-0.39, 0.29) is 24.7 Å². The highest BCUT2D eigenvalue weighted by molar-refractivity contribution is 8.16. The number of methoxy groups -OCH3 is 1. The van der Waals surface area contributed by atoms with Crippen LogP contribution in [-0.2, 0) is 20.9 Å². The third-order valence-corrected chi connectivity index (χ3v) is 6.45. The number of nitrogens with one attached hydrogen (secondary N) is 1. The summed E-state index contributed by atoms with van der Waals surface area (Å²) in [6, 6.07) is 12.8. The number of hydrogen-bond acceptors (Lipinski definition) is 6. The molecule has 9 heteroatoms. The molecule has 0 aliphatic carbocycles. The molecule has 170 valence electrons. The molecule has 0 radical (unpaired) electrons. The van der Waals surface area contributed by atoms with Gasteiger partial charge in [-0.15, -0.1) is 0 Å². The normalized spacial score (nSPS) is 17.3. The highest BCUT2D eigenvalue weighted by Crippen LogP contribution is 2.44. The van der Waals surface area contributed by atoms with E-state index in [1.807, 2.05) is 22.4 Å². The van der Waals surface area contributed by atoms with E-state index < -0.39 is 12.0 Å². The van der Waals surface area contributed by atoms with Gasteiger partial charge in [-0.1, -0.05) is 47.6 Å². The number of nitrogens with zero attached hydrogens (tertiary/aromatic N) is 2. The standard InChI is InChI=1S/C24H21ClFN3O3S/c1-14-21(23(31)32-2)22(16-6-8-17(25)9-7-16)29-19(13-33-24(29)28-14)11-20(30)27-12-15-4-3-5-18(26)10-15/h3-10,13,22H,11-12H2,1-2H3,(H,27,30)/t22-/m1/s1. The molecule has 1 atom stereocenters. The van der Waals surface area contributed by atoms with Crippen molar-refractivity contribution in [3.05, 3.63) is 92.9 Å². The van der Waals surface area contributed by atoms with E-state index in [9.17, 15) is 14.0 Å². The second-order valence-electron chi connectivity index (χ2n) is 7.52. The first-order chi connectivity index (χ1) is 15.9. The van der Waals surface area contributed by atoms with Crippen molar-refractivity contribution in [3.63, 3.8) is 0 Å². The lowest BCUT2D eigenvalue weighted by Gasteiger charge is -2.36. The minimum Gasteiger partial charge on any atom is -0.466 e. The van der Waals surface area contributed by atoms with Crippen LogP contribution in [0, 0.1) is 5.82 Å². The summed E-state index contributed by atoms with van der Waals surface area (Å²) in [6.07, 6.45) is 0.0684. The number of esters is 1. The third-order valence-electron chi connectivity index (χ3n) is 5.31. The Morgan fingerprint density at radius 3 is 2.70 bits per heavy atom. The SMILES string of the molecule is COC(=O)C1=C(C)N=C2SC=C(CC(=O)NCc3cccc(F)c3)N2[C@@H]1c1ccc(Cl)cc1. The minimum absolute atomic E-state index is 0.0684. The van der Waals surface area contributed by atoms with Crippen LogP contribution >= 0.6 is 23.4 Å². The first kappa shape index (κ1) is 23.1. The molecule has 0 spiro atoms. The first-order valence-electron chi connectivity index (χ1n) is 10.2. The van der Waals surface area contributed by atoms with E-state index in [1.165, 1.54) is 31.0 Å². The summed E-state index contributed by atoms with van der Waals surface area (Å²) in [7, 11) is 1.33. The second-order valence-corrected chi connectivity index (χ2v) is 8.79. The van der Waals surface area contributed by atoms with E-state index in [0.717, 1.165) is 5.56 Å². The number of benzene rings is 2. The summed E-state index contributed by atoms with van der Waals surface area (Å²) in [6.45, 7) is 1.98. The quantitative estimate of drug-likeness (QED) is 0.587. The van der Waals surface area contributed by atoms with Crippen LogP contribution in [0.2, 0.25) is 5.02 Å². The van der Waals surface area contributed by atoms with Crippen molar-refractivity contribution >= 4 is 40.4 Å². The van der Waals surface area contributed by atoms with Gasteiger partial charge in [-0.2, -0.15) is 0 Å². The lowest BCUT2D eigenvalue weighted by atomic mass is 9.94. The Morgan fingerprint density at radius 1 is 1.24 bits per heavy atom. The highest BCUT2D eigenvalue weighted by atomic mass is 35.5. The number of allylic oxidation sites excluding steroid dienone is 1. The first-order valence-corrected chi connectivity index (χ1v) is 11.4. The van der Waals surface area contributed by atoms with Gasteiger partial charge in [-0.3, -0.25) is 4.79 Å². The van der Waals surface area contributed by atoms with Gasteiger partial charge in [0, 0.05) is 17.3 Å². The van der Waals surface area contributed by atoms with E-state index >= 15 is 0 Å². The predicted octanol–water partition coefficient (Wildman–Crippen LogP) is 4.93. The number of aliphatic imine (C=N–C) groups is 1. The van der Waals surface area contributed by atoms with Gasteiger partial charge < -0.3 is 15.0 Å². The van der Waals surface area contributed by atoms with Crippen LogP contribution in [0.3, 0.4) is 0 Å². The Balaban J connectivity index is 1.59. The van der Waals surface area contributed by atoms with Crippen LogP contribution < -0.4 is 5.32 Å². The molecule has 2 aliphatic heterocycles. The third kappa shape index (κ3) is 4.96. The Kier molecular flexibility index (Phi) is 6.85. The number of carbonyl (C=O) groups is 2. The lowest BCUT2D eigenvalue weighted by molar-refractivity contribution is -0.136. The minimum atomic E-state index is -0.514. The molecule has 2 aliphatic rings. The van der Waals surface area contributed by atoms with Gasteiger partial charge in [0.1, 0.15) is 5.82 Å².